The van der Waals surface area contributed by atoms with Gasteiger partial charge in [0.15, 0.2) is 5.82 Å². The van der Waals surface area contributed by atoms with E-state index in [-0.39, 0.29) is 11.9 Å². The van der Waals surface area contributed by atoms with Crippen molar-refractivity contribution < 1.29 is 14.6 Å². The molecule has 2 aromatic carbocycles. The van der Waals surface area contributed by atoms with Crippen LogP contribution in [0.4, 0.5) is 5.82 Å². The first-order valence-electron chi connectivity index (χ1n) is 8.94. The number of fused-ring (bicyclic) bond motifs is 3. The van der Waals surface area contributed by atoms with Gasteiger partial charge in [-0.2, -0.15) is 0 Å². The second-order valence-electron chi connectivity index (χ2n) is 6.70. The van der Waals surface area contributed by atoms with Crippen LogP contribution in [0.2, 0.25) is 0 Å². The summed E-state index contributed by atoms with van der Waals surface area (Å²) in [5, 5.41) is 9.58. The predicted octanol–water partition coefficient (Wildman–Crippen LogP) is 4.09. The lowest BCUT2D eigenvalue weighted by atomic mass is 10.1. The van der Waals surface area contributed by atoms with Crippen molar-refractivity contribution in [3.63, 3.8) is 0 Å². The van der Waals surface area contributed by atoms with Gasteiger partial charge in [0, 0.05) is 17.3 Å². The summed E-state index contributed by atoms with van der Waals surface area (Å²) in [5.74, 6) is 1.83. The normalized spacial score (nSPS) is 15.7. The van der Waals surface area contributed by atoms with Crippen LogP contribution in [0.5, 0.6) is 17.2 Å². The number of ether oxygens (including phenoxy) is 2. The molecule has 7 nitrogen and oxygen atoms in total. The second-order valence-corrected chi connectivity index (χ2v) is 6.70. The highest BCUT2D eigenvalue weighted by Crippen LogP contribution is 2.40. The van der Waals surface area contributed by atoms with E-state index in [1.54, 1.807) is 24.3 Å². The van der Waals surface area contributed by atoms with Crippen molar-refractivity contribution in [2.75, 3.05) is 5.73 Å². The average Bonchev–Trinajstić information content (AvgIpc) is 3.22. The molecular formula is C21H18N4O3. The summed E-state index contributed by atoms with van der Waals surface area (Å²) in [6, 6.07) is 14.3. The Hall–Kier alpha value is -3.58. The molecule has 1 atom stereocenters. The van der Waals surface area contributed by atoms with E-state index < -0.39 is 0 Å². The molecule has 28 heavy (non-hydrogen) atoms. The summed E-state index contributed by atoms with van der Waals surface area (Å²) in [4.78, 5) is 8.62. The third-order valence-corrected chi connectivity index (χ3v) is 4.93. The van der Waals surface area contributed by atoms with Crippen LogP contribution in [0.25, 0.3) is 16.7 Å². The Balaban J connectivity index is 1.58. The molecule has 5 rings (SSSR count). The van der Waals surface area contributed by atoms with E-state index >= 15 is 0 Å². The number of hydrogen-bond donors (Lipinski definition) is 2. The number of hydrogen-bond acceptors (Lipinski definition) is 6. The van der Waals surface area contributed by atoms with E-state index in [4.69, 9.17) is 15.2 Å². The van der Waals surface area contributed by atoms with Crippen LogP contribution in [0.1, 0.15) is 24.3 Å². The van der Waals surface area contributed by atoms with Crippen LogP contribution in [0, 0.1) is 0 Å². The molecule has 3 N–H and O–H groups in total. The minimum Gasteiger partial charge on any atom is -0.508 e. The predicted molar refractivity (Wildman–Crippen MR) is 105 cm³/mol. The standard InChI is InChI=1S/C21H18N4O3/c1-12-18-17(10-27-12)25(20-19(18)23-11-24-21(20)22)13-5-7-15(8-6-13)28-16-4-2-3-14(26)9-16/h2-9,11-12,26H,10H2,1H3,(H2,22,23,24). The zero-order chi connectivity index (χ0) is 19.3. The number of phenolic OH excluding ortho intramolecular Hbond substituents is 1. The maximum absolute atomic E-state index is 9.58. The molecule has 0 spiro atoms. The van der Waals surface area contributed by atoms with Crippen LogP contribution >= 0.6 is 0 Å². The van der Waals surface area contributed by atoms with Crippen molar-refractivity contribution in [1.29, 1.82) is 0 Å². The first-order chi connectivity index (χ1) is 13.6. The van der Waals surface area contributed by atoms with Crippen LogP contribution in [-0.4, -0.2) is 19.6 Å². The highest BCUT2D eigenvalue weighted by molar-refractivity contribution is 5.91. The van der Waals surface area contributed by atoms with Crippen molar-refractivity contribution in [2.24, 2.45) is 0 Å². The van der Waals surface area contributed by atoms with Gasteiger partial charge >= 0.3 is 0 Å². The molecule has 4 aromatic rings. The molecule has 1 aliphatic heterocycles. The van der Waals surface area contributed by atoms with Crippen molar-refractivity contribution in [2.45, 2.75) is 19.6 Å². The molecule has 0 aliphatic carbocycles. The summed E-state index contributed by atoms with van der Waals surface area (Å²) < 4.78 is 13.7. The second kappa shape index (κ2) is 6.24. The third-order valence-electron chi connectivity index (χ3n) is 4.93. The molecule has 0 saturated carbocycles. The number of rotatable bonds is 3. The minimum absolute atomic E-state index is 0.0404. The topological polar surface area (TPSA) is 95.4 Å². The fourth-order valence-electron chi connectivity index (χ4n) is 3.69. The maximum atomic E-state index is 9.58. The lowest BCUT2D eigenvalue weighted by Gasteiger charge is -2.12. The van der Waals surface area contributed by atoms with Crippen LogP contribution in [0.3, 0.4) is 0 Å². The monoisotopic (exact) mass is 374 g/mol. The Labute approximate surface area is 161 Å². The van der Waals surface area contributed by atoms with Gasteiger partial charge in [-0.1, -0.05) is 6.07 Å². The molecule has 0 fully saturated rings. The fourth-order valence-corrected chi connectivity index (χ4v) is 3.69. The van der Waals surface area contributed by atoms with E-state index in [0.717, 1.165) is 28.0 Å². The van der Waals surface area contributed by atoms with E-state index in [0.29, 0.717) is 23.9 Å². The molecule has 1 aliphatic rings. The number of nitrogens with two attached hydrogens (primary N) is 1. The number of aromatic hydroxyl groups is 1. The third kappa shape index (κ3) is 2.56. The Morgan fingerprint density at radius 2 is 1.96 bits per heavy atom. The molecule has 0 radical (unpaired) electrons. The molecule has 3 heterocycles. The van der Waals surface area contributed by atoms with Gasteiger partial charge in [-0.05, 0) is 43.3 Å². The van der Waals surface area contributed by atoms with Crippen LogP contribution < -0.4 is 10.5 Å². The summed E-state index contributed by atoms with van der Waals surface area (Å²) in [7, 11) is 0. The molecule has 2 aromatic heterocycles. The number of benzene rings is 2. The van der Waals surface area contributed by atoms with Gasteiger partial charge in [0.1, 0.15) is 34.6 Å². The Morgan fingerprint density at radius 1 is 1.14 bits per heavy atom. The molecule has 1 unspecified atom stereocenters. The lowest BCUT2D eigenvalue weighted by molar-refractivity contribution is 0.0783. The Bertz CT molecular complexity index is 1180. The van der Waals surface area contributed by atoms with Gasteiger partial charge in [0.2, 0.25) is 0 Å². The number of nitrogen functional groups attached to an aromatic ring is 1. The summed E-state index contributed by atoms with van der Waals surface area (Å²) >= 11 is 0. The summed E-state index contributed by atoms with van der Waals surface area (Å²) in [6.07, 6.45) is 1.45. The fraction of sp³-hybridized carbons (Fsp3) is 0.143. The lowest BCUT2D eigenvalue weighted by Crippen LogP contribution is -2.03. The average molecular weight is 374 g/mol. The molecule has 0 saturated heterocycles. The smallest absolute Gasteiger partial charge is 0.151 e. The van der Waals surface area contributed by atoms with Crippen molar-refractivity contribution in [3.05, 3.63) is 66.1 Å². The molecule has 0 bridgehead atoms. The van der Waals surface area contributed by atoms with Gasteiger partial charge in [-0.25, -0.2) is 9.97 Å². The first-order valence-corrected chi connectivity index (χ1v) is 8.94. The molecular weight excluding hydrogens is 356 g/mol. The molecule has 140 valence electrons. The first kappa shape index (κ1) is 16.6. The minimum atomic E-state index is -0.0404. The van der Waals surface area contributed by atoms with Gasteiger partial charge in [0.25, 0.3) is 0 Å². The highest BCUT2D eigenvalue weighted by Gasteiger charge is 2.30. The van der Waals surface area contributed by atoms with Crippen molar-refractivity contribution in [1.82, 2.24) is 14.5 Å². The van der Waals surface area contributed by atoms with E-state index in [9.17, 15) is 5.11 Å². The van der Waals surface area contributed by atoms with Crippen LogP contribution in [-0.2, 0) is 11.3 Å². The van der Waals surface area contributed by atoms with Gasteiger partial charge in [-0.3, -0.25) is 0 Å². The number of anilines is 1. The Morgan fingerprint density at radius 3 is 2.75 bits per heavy atom. The Kier molecular flexibility index (Phi) is 3.70. The SMILES string of the molecule is CC1OCc2c1c1ncnc(N)c1n2-c1ccc(Oc2cccc(O)c2)cc1. The quantitative estimate of drug-likeness (QED) is 0.561. The van der Waals surface area contributed by atoms with Crippen molar-refractivity contribution >= 4 is 16.9 Å². The van der Waals surface area contributed by atoms with Gasteiger partial charge in [0.05, 0.1) is 18.4 Å². The van der Waals surface area contributed by atoms with E-state index in [1.165, 1.54) is 6.33 Å². The van der Waals surface area contributed by atoms with Gasteiger partial charge in [-0.15, -0.1) is 0 Å². The molecule has 0 amide bonds. The maximum Gasteiger partial charge on any atom is 0.151 e. The zero-order valence-electron chi connectivity index (χ0n) is 15.2. The summed E-state index contributed by atoms with van der Waals surface area (Å²) in [6.45, 7) is 2.51. The van der Waals surface area contributed by atoms with Crippen molar-refractivity contribution in [3.8, 4) is 22.9 Å². The number of aromatic nitrogens is 3. The summed E-state index contributed by atoms with van der Waals surface area (Å²) in [5.41, 5.74) is 10.8. The largest absolute Gasteiger partial charge is 0.508 e. The number of phenols is 1. The molecule has 7 heteroatoms. The highest BCUT2D eigenvalue weighted by atomic mass is 16.5. The number of nitrogens with zero attached hydrogens (tertiary/aromatic N) is 3. The van der Waals surface area contributed by atoms with Gasteiger partial charge < -0.3 is 24.9 Å². The van der Waals surface area contributed by atoms with Crippen LogP contribution in [0.15, 0.2) is 54.9 Å². The zero-order valence-corrected chi connectivity index (χ0v) is 15.2. The van der Waals surface area contributed by atoms with E-state index in [2.05, 4.69) is 14.5 Å². The van der Waals surface area contributed by atoms with E-state index in [1.807, 2.05) is 31.2 Å².